The van der Waals surface area contributed by atoms with Crippen molar-refractivity contribution < 1.29 is 14.6 Å². The fourth-order valence-electron chi connectivity index (χ4n) is 4.97. The quantitative estimate of drug-likeness (QED) is 0.169. The van der Waals surface area contributed by atoms with Crippen molar-refractivity contribution in [3.63, 3.8) is 0 Å². The summed E-state index contributed by atoms with van der Waals surface area (Å²) in [6.45, 7) is 8.24. The summed E-state index contributed by atoms with van der Waals surface area (Å²) in [5.74, 6) is -0.136. The van der Waals surface area contributed by atoms with Gasteiger partial charge in [-0.2, -0.15) is 10.2 Å². The van der Waals surface area contributed by atoms with Gasteiger partial charge in [0.25, 0.3) is 5.56 Å². The zero-order valence-corrected chi connectivity index (χ0v) is 25.5. The Kier molecular flexibility index (Phi) is 9.11. The molecule has 1 aliphatic heterocycles. The molecule has 5 rings (SSSR count). The second-order valence-corrected chi connectivity index (χ2v) is 11.5. The van der Waals surface area contributed by atoms with E-state index in [-0.39, 0.29) is 17.9 Å². The summed E-state index contributed by atoms with van der Waals surface area (Å²) in [5.41, 5.74) is 4.30. The van der Waals surface area contributed by atoms with Crippen LogP contribution >= 0.6 is 11.3 Å². The summed E-state index contributed by atoms with van der Waals surface area (Å²) < 4.78 is 7.43. The maximum absolute atomic E-state index is 14.1. The molecule has 9 heteroatoms. The Balaban J connectivity index is 1.66. The molecular formula is C34H34N4O4S. The van der Waals surface area contributed by atoms with Crippen LogP contribution in [0.3, 0.4) is 0 Å². The van der Waals surface area contributed by atoms with Crippen LogP contribution in [0.2, 0.25) is 0 Å². The van der Waals surface area contributed by atoms with Gasteiger partial charge in [0.15, 0.2) is 4.80 Å². The van der Waals surface area contributed by atoms with Crippen LogP contribution < -0.4 is 14.9 Å². The van der Waals surface area contributed by atoms with Gasteiger partial charge in [-0.25, -0.2) is 9.79 Å². The molecule has 1 N–H and O–H groups in total. The van der Waals surface area contributed by atoms with E-state index in [9.17, 15) is 14.7 Å². The second-order valence-electron chi connectivity index (χ2n) is 10.5. The molecule has 0 saturated carbocycles. The van der Waals surface area contributed by atoms with E-state index >= 15 is 0 Å². The predicted octanol–water partition coefficient (Wildman–Crippen LogP) is 6.82. The number of rotatable bonds is 9. The molecule has 2 heterocycles. The highest BCUT2D eigenvalue weighted by Gasteiger charge is 2.34. The van der Waals surface area contributed by atoms with Crippen molar-refractivity contribution in [3.8, 4) is 5.75 Å². The minimum atomic E-state index is -0.695. The van der Waals surface area contributed by atoms with E-state index in [2.05, 4.69) is 24.1 Å². The molecule has 43 heavy (non-hydrogen) atoms. The molecule has 3 aromatic carbocycles. The molecule has 1 atom stereocenters. The lowest BCUT2D eigenvalue weighted by Gasteiger charge is -2.26. The standard InChI is InChI=1S/C34H34N4O4S/c1-5-10-27-30(33(41)42-6-2)31(23-15-13-22(14-16-23)21(3)4)38-32(40)29(43-34(38)35-27)20-24-19-26(17-18-28(24)39)37-36-25-11-8-7-9-12-25/h7-9,11-21,31,39H,5-6,10H2,1-4H3/b29-20-,37-36?/t31-/m0/s1. The first-order valence-electron chi connectivity index (χ1n) is 14.4. The van der Waals surface area contributed by atoms with Crippen LogP contribution in [0.5, 0.6) is 5.75 Å². The second kappa shape index (κ2) is 13.1. The third-order valence-electron chi connectivity index (χ3n) is 7.15. The van der Waals surface area contributed by atoms with Crippen LogP contribution in [0, 0.1) is 0 Å². The van der Waals surface area contributed by atoms with Gasteiger partial charge < -0.3 is 9.84 Å². The number of azo groups is 1. The highest BCUT2D eigenvalue weighted by atomic mass is 32.1. The van der Waals surface area contributed by atoms with Gasteiger partial charge in [-0.15, -0.1) is 0 Å². The normalized spacial score (nSPS) is 15.2. The molecule has 0 radical (unpaired) electrons. The molecule has 220 valence electrons. The topological polar surface area (TPSA) is 106 Å². The largest absolute Gasteiger partial charge is 0.507 e. The molecule has 8 nitrogen and oxygen atoms in total. The van der Waals surface area contributed by atoms with E-state index < -0.39 is 12.0 Å². The number of hydrogen-bond donors (Lipinski definition) is 1. The van der Waals surface area contributed by atoms with E-state index in [1.165, 1.54) is 17.4 Å². The molecule has 4 aromatic rings. The van der Waals surface area contributed by atoms with Gasteiger partial charge in [0.05, 0.1) is 39.8 Å². The number of aromatic nitrogens is 1. The zero-order valence-electron chi connectivity index (χ0n) is 24.7. The van der Waals surface area contributed by atoms with Crippen molar-refractivity contribution in [2.45, 2.75) is 52.5 Å². The Hall–Kier alpha value is -4.63. The number of esters is 1. The summed E-state index contributed by atoms with van der Waals surface area (Å²) in [7, 11) is 0. The molecule has 0 saturated heterocycles. The van der Waals surface area contributed by atoms with E-state index in [0.717, 1.165) is 17.5 Å². The average Bonchev–Trinajstić information content (AvgIpc) is 3.31. The van der Waals surface area contributed by atoms with Crippen molar-refractivity contribution >= 4 is 34.8 Å². The number of benzene rings is 3. The van der Waals surface area contributed by atoms with E-state index in [0.29, 0.717) is 49.9 Å². The molecular weight excluding hydrogens is 560 g/mol. The van der Waals surface area contributed by atoms with Crippen LogP contribution in [0.1, 0.15) is 69.2 Å². The highest BCUT2D eigenvalue weighted by molar-refractivity contribution is 7.07. The summed E-state index contributed by atoms with van der Waals surface area (Å²) in [6.07, 6.45) is 2.97. The Morgan fingerprint density at radius 1 is 1.05 bits per heavy atom. The number of allylic oxidation sites excluding steroid dienone is 1. The molecule has 0 bridgehead atoms. The number of thiazole rings is 1. The van der Waals surface area contributed by atoms with E-state index in [4.69, 9.17) is 9.73 Å². The highest BCUT2D eigenvalue weighted by Crippen LogP contribution is 2.33. The third kappa shape index (κ3) is 6.41. The summed E-state index contributed by atoms with van der Waals surface area (Å²) in [5, 5.41) is 19.2. The minimum Gasteiger partial charge on any atom is -0.507 e. The van der Waals surface area contributed by atoms with Crippen LogP contribution in [0.4, 0.5) is 11.4 Å². The number of carbonyl (C=O) groups excluding carboxylic acids is 1. The van der Waals surface area contributed by atoms with Crippen LogP contribution in [0.15, 0.2) is 104 Å². The number of phenolic OH excluding ortho intramolecular Hbond substituents is 1. The summed E-state index contributed by atoms with van der Waals surface area (Å²) in [6, 6.07) is 21.5. The molecule has 1 aromatic heterocycles. The Morgan fingerprint density at radius 3 is 2.44 bits per heavy atom. The Labute approximate surface area is 254 Å². The zero-order chi connectivity index (χ0) is 30.5. The number of fused-ring (bicyclic) bond motifs is 1. The number of phenols is 1. The lowest BCUT2D eigenvalue weighted by atomic mass is 9.92. The number of hydrogen-bond acceptors (Lipinski definition) is 8. The lowest BCUT2D eigenvalue weighted by Crippen LogP contribution is -2.40. The fraction of sp³-hybridized carbons (Fsp3) is 0.265. The van der Waals surface area contributed by atoms with Gasteiger partial charge in [0.1, 0.15) is 5.75 Å². The Bertz CT molecular complexity index is 1870. The molecule has 0 amide bonds. The Morgan fingerprint density at radius 2 is 1.77 bits per heavy atom. The third-order valence-corrected chi connectivity index (χ3v) is 8.13. The summed E-state index contributed by atoms with van der Waals surface area (Å²) >= 11 is 1.22. The molecule has 0 spiro atoms. The first-order chi connectivity index (χ1) is 20.8. The monoisotopic (exact) mass is 594 g/mol. The van der Waals surface area contributed by atoms with E-state index in [1.54, 1.807) is 29.7 Å². The smallest absolute Gasteiger partial charge is 0.338 e. The minimum absolute atomic E-state index is 0.00389. The summed E-state index contributed by atoms with van der Waals surface area (Å²) in [4.78, 5) is 32.8. The number of nitrogens with zero attached hydrogens (tertiary/aromatic N) is 4. The van der Waals surface area contributed by atoms with E-state index in [1.807, 2.05) is 61.5 Å². The maximum Gasteiger partial charge on any atom is 0.338 e. The number of ether oxygens (including phenoxy) is 1. The van der Waals surface area contributed by atoms with Gasteiger partial charge in [0, 0.05) is 5.56 Å². The van der Waals surface area contributed by atoms with Gasteiger partial charge in [-0.1, -0.05) is 81.0 Å². The predicted molar refractivity (Wildman–Crippen MR) is 169 cm³/mol. The van der Waals surface area contributed by atoms with Crippen molar-refractivity contribution in [2.75, 3.05) is 6.61 Å². The number of carbonyl (C=O) groups is 1. The van der Waals surface area contributed by atoms with Crippen molar-refractivity contribution in [2.24, 2.45) is 15.2 Å². The average molecular weight is 595 g/mol. The van der Waals surface area contributed by atoms with Crippen LogP contribution in [-0.2, 0) is 9.53 Å². The van der Waals surface area contributed by atoms with Gasteiger partial charge in [-0.3, -0.25) is 9.36 Å². The maximum atomic E-state index is 14.1. The first kappa shape index (κ1) is 29.8. The molecule has 0 aliphatic carbocycles. The van der Waals surface area contributed by atoms with Crippen molar-refractivity contribution in [3.05, 3.63) is 120 Å². The van der Waals surface area contributed by atoms with Crippen LogP contribution in [-0.4, -0.2) is 22.2 Å². The van der Waals surface area contributed by atoms with Crippen molar-refractivity contribution in [1.29, 1.82) is 0 Å². The molecule has 0 unspecified atom stereocenters. The van der Waals surface area contributed by atoms with Gasteiger partial charge >= 0.3 is 5.97 Å². The van der Waals surface area contributed by atoms with Crippen LogP contribution in [0.25, 0.3) is 6.08 Å². The van der Waals surface area contributed by atoms with Gasteiger partial charge in [0.2, 0.25) is 0 Å². The van der Waals surface area contributed by atoms with Gasteiger partial charge in [-0.05, 0) is 66.8 Å². The molecule has 1 aliphatic rings. The SMILES string of the molecule is CCCC1=C(C(=O)OCC)[C@H](c2ccc(C(C)C)cc2)n2c(s/c(=C\c3cc(N=Nc4ccccc4)ccc3O)c2=O)=N1. The number of aromatic hydroxyl groups is 1. The fourth-order valence-corrected chi connectivity index (χ4v) is 5.98. The first-order valence-corrected chi connectivity index (χ1v) is 15.2. The van der Waals surface area contributed by atoms with Crippen molar-refractivity contribution in [1.82, 2.24) is 4.57 Å². The molecule has 0 fully saturated rings. The lowest BCUT2D eigenvalue weighted by molar-refractivity contribution is -0.139.